The molecule has 0 unspecified atom stereocenters. The summed E-state index contributed by atoms with van der Waals surface area (Å²) in [5, 5.41) is 0. The van der Waals surface area contributed by atoms with Crippen LogP contribution in [0.2, 0.25) is 0 Å². The maximum atomic E-state index is 13.3. The molecule has 0 amide bonds. The van der Waals surface area contributed by atoms with E-state index >= 15 is 0 Å². The van der Waals surface area contributed by atoms with Crippen LogP contribution >= 0.6 is 0 Å². The molecule has 2 aromatic carbocycles. The predicted octanol–water partition coefficient (Wildman–Crippen LogP) is 3.24. The molecule has 0 aliphatic carbocycles. The Hall–Kier alpha value is -1.98. The molecule has 0 saturated carbocycles. The first-order chi connectivity index (χ1) is 11.2. The summed E-state index contributed by atoms with van der Waals surface area (Å²) in [4.78, 5) is 2.16. The van der Waals surface area contributed by atoms with Crippen molar-refractivity contribution in [3.8, 4) is 5.75 Å². The monoisotopic (exact) mass is 319 g/mol. The zero-order valence-electron chi connectivity index (χ0n) is 12.8. The minimum Gasteiger partial charge on any atom is -0.491 e. The number of rotatable bonds is 5. The second-order valence-corrected chi connectivity index (χ2v) is 5.60. The molecule has 1 fully saturated rings. The molecule has 1 aliphatic heterocycles. The number of halogens is 2. The van der Waals surface area contributed by atoms with Gasteiger partial charge in [-0.1, -0.05) is 24.3 Å². The Morgan fingerprint density at radius 3 is 2.70 bits per heavy atom. The molecule has 0 N–H and O–H groups in total. The van der Waals surface area contributed by atoms with Crippen LogP contribution in [-0.4, -0.2) is 37.3 Å². The van der Waals surface area contributed by atoms with Gasteiger partial charge >= 0.3 is 0 Å². The van der Waals surface area contributed by atoms with Crippen molar-refractivity contribution in [1.82, 2.24) is 4.90 Å². The van der Waals surface area contributed by atoms with Gasteiger partial charge in [0.05, 0.1) is 6.61 Å². The highest BCUT2D eigenvalue weighted by molar-refractivity contribution is 5.21. The van der Waals surface area contributed by atoms with E-state index in [4.69, 9.17) is 9.47 Å². The fourth-order valence-electron chi connectivity index (χ4n) is 2.63. The molecule has 5 heteroatoms. The molecule has 1 aliphatic rings. The number of hydrogen-bond acceptors (Lipinski definition) is 3. The Balaban J connectivity index is 1.52. The van der Waals surface area contributed by atoms with Gasteiger partial charge in [-0.15, -0.1) is 0 Å². The third kappa shape index (κ3) is 4.50. The van der Waals surface area contributed by atoms with E-state index in [1.54, 1.807) is 6.07 Å². The molecule has 0 bridgehead atoms. The molecule has 1 heterocycles. The van der Waals surface area contributed by atoms with Gasteiger partial charge in [-0.25, -0.2) is 8.78 Å². The first-order valence-electron chi connectivity index (χ1n) is 7.66. The fraction of sp³-hybridized carbons (Fsp3) is 0.333. The average molecular weight is 319 g/mol. The van der Waals surface area contributed by atoms with Crippen LogP contribution in [-0.2, 0) is 11.3 Å². The first-order valence-corrected chi connectivity index (χ1v) is 7.66. The molecule has 1 atom stereocenters. The third-order valence-corrected chi connectivity index (χ3v) is 3.79. The van der Waals surface area contributed by atoms with Gasteiger partial charge < -0.3 is 9.47 Å². The summed E-state index contributed by atoms with van der Waals surface area (Å²) in [6.07, 6.45) is -0.0331. The Bertz CT molecular complexity index is 636. The van der Waals surface area contributed by atoms with Gasteiger partial charge in [0, 0.05) is 19.6 Å². The van der Waals surface area contributed by atoms with E-state index in [2.05, 4.69) is 4.90 Å². The van der Waals surface area contributed by atoms with Gasteiger partial charge in [0.25, 0.3) is 0 Å². The van der Waals surface area contributed by atoms with Gasteiger partial charge in [-0.05, 0) is 29.8 Å². The topological polar surface area (TPSA) is 21.7 Å². The van der Waals surface area contributed by atoms with Crippen molar-refractivity contribution in [1.29, 1.82) is 0 Å². The van der Waals surface area contributed by atoms with Crippen LogP contribution in [0.15, 0.2) is 48.5 Å². The lowest BCUT2D eigenvalue weighted by Gasteiger charge is -2.32. The number of benzene rings is 2. The normalized spacial score (nSPS) is 18.8. The van der Waals surface area contributed by atoms with Gasteiger partial charge in [-0.2, -0.15) is 0 Å². The van der Waals surface area contributed by atoms with Gasteiger partial charge in [0.2, 0.25) is 0 Å². The largest absolute Gasteiger partial charge is 0.491 e. The highest BCUT2D eigenvalue weighted by Crippen LogP contribution is 2.15. The SMILES string of the molecule is Fc1ccc(CN2CCO[C@H](COc3ccccc3)C2)cc1F. The first kappa shape index (κ1) is 15.9. The Morgan fingerprint density at radius 1 is 1.09 bits per heavy atom. The molecule has 0 radical (unpaired) electrons. The van der Waals surface area contributed by atoms with Crippen LogP contribution < -0.4 is 4.74 Å². The number of hydrogen-bond donors (Lipinski definition) is 0. The maximum absolute atomic E-state index is 13.3. The van der Waals surface area contributed by atoms with Crippen molar-refractivity contribution in [3.63, 3.8) is 0 Å². The molecule has 0 aromatic heterocycles. The highest BCUT2D eigenvalue weighted by Gasteiger charge is 2.21. The smallest absolute Gasteiger partial charge is 0.159 e. The zero-order valence-corrected chi connectivity index (χ0v) is 12.8. The summed E-state index contributed by atoms with van der Waals surface area (Å²) in [7, 11) is 0. The molecular formula is C18H19F2NO2. The van der Waals surface area contributed by atoms with E-state index < -0.39 is 11.6 Å². The predicted molar refractivity (Wildman–Crippen MR) is 83.3 cm³/mol. The Labute approximate surface area is 134 Å². The minimum atomic E-state index is -0.815. The second kappa shape index (κ2) is 7.53. The van der Waals surface area contributed by atoms with Crippen LogP contribution in [0, 0.1) is 11.6 Å². The van der Waals surface area contributed by atoms with Crippen molar-refractivity contribution in [2.75, 3.05) is 26.3 Å². The molecule has 1 saturated heterocycles. The molecule has 3 nitrogen and oxygen atoms in total. The van der Waals surface area contributed by atoms with E-state index in [0.29, 0.717) is 26.3 Å². The van der Waals surface area contributed by atoms with Crippen molar-refractivity contribution < 1.29 is 18.3 Å². The van der Waals surface area contributed by atoms with Crippen molar-refractivity contribution in [2.45, 2.75) is 12.6 Å². The van der Waals surface area contributed by atoms with E-state index in [0.717, 1.165) is 17.9 Å². The lowest BCUT2D eigenvalue weighted by Crippen LogP contribution is -2.44. The molecule has 122 valence electrons. The van der Waals surface area contributed by atoms with Crippen LogP contribution in [0.4, 0.5) is 8.78 Å². The molecule has 2 aromatic rings. The van der Waals surface area contributed by atoms with Crippen LogP contribution in [0.25, 0.3) is 0 Å². The summed E-state index contributed by atoms with van der Waals surface area (Å²) in [5.41, 5.74) is 0.758. The Kier molecular flexibility index (Phi) is 5.20. The van der Waals surface area contributed by atoms with Gasteiger partial charge in [0.1, 0.15) is 18.5 Å². The van der Waals surface area contributed by atoms with Gasteiger partial charge in [0.15, 0.2) is 11.6 Å². The molecule has 0 spiro atoms. The van der Waals surface area contributed by atoms with Crippen molar-refractivity contribution in [3.05, 3.63) is 65.7 Å². The summed E-state index contributed by atoms with van der Waals surface area (Å²) >= 11 is 0. The average Bonchev–Trinajstić information content (AvgIpc) is 2.58. The number of ether oxygens (including phenoxy) is 2. The third-order valence-electron chi connectivity index (χ3n) is 3.79. The lowest BCUT2D eigenvalue weighted by atomic mass is 10.2. The summed E-state index contributed by atoms with van der Waals surface area (Å²) in [6.45, 7) is 3.11. The fourth-order valence-corrected chi connectivity index (χ4v) is 2.63. The second-order valence-electron chi connectivity index (χ2n) is 5.60. The van der Waals surface area contributed by atoms with Crippen LogP contribution in [0.3, 0.4) is 0 Å². The van der Waals surface area contributed by atoms with E-state index in [1.807, 2.05) is 30.3 Å². The molecular weight excluding hydrogens is 300 g/mol. The minimum absolute atomic E-state index is 0.0331. The highest BCUT2D eigenvalue weighted by atomic mass is 19.2. The number of nitrogens with zero attached hydrogens (tertiary/aromatic N) is 1. The molecule has 3 rings (SSSR count). The number of para-hydroxylation sites is 1. The van der Waals surface area contributed by atoms with Crippen molar-refractivity contribution in [2.24, 2.45) is 0 Å². The quantitative estimate of drug-likeness (QED) is 0.844. The van der Waals surface area contributed by atoms with Crippen molar-refractivity contribution >= 4 is 0 Å². The number of morpholine rings is 1. The summed E-state index contributed by atoms with van der Waals surface area (Å²) in [6, 6.07) is 13.6. The van der Waals surface area contributed by atoms with Crippen LogP contribution in [0.5, 0.6) is 5.75 Å². The lowest BCUT2D eigenvalue weighted by molar-refractivity contribution is -0.0504. The standard InChI is InChI=1S/C18H19F2NO2/c19-17-7-6-14(10-18(17)20)11-21-8-9-22-16(12-21)13-23-15-4-2-1-3-5-15/h1-7,10,16H,8-9,11-13H2/t16-/m0/s1. The molecule has 23 heavy (non-hydrogen) atoms. The van der Waals surface area contributed by atoms with E-state index in [1.165, 1.54) is 12.1 Å². The van der Waals surface area contributed by atoms with E-state index in [9.17, 15) is 8.78 Å². The van der Waals surface area contributed by atoms with Gasteiger partial charge in [-0.3, -0.25) is 4.90 Å². The summed E-state index contributed by atoms with van der Waals surface area (Å²) < 4.78 is 37.7. The van der Waals surface area contributed by atoms with Crippen LogP contribution in [0.1, 0.15) is 5.56 Å². The zero-order chi connectivity index (χ0) is 16.1. The summed E-state index contributed by atoms with van der Waals surface area (Å²) in [5.74, 6) is -0.807. The van der Waals surface area contributed by atoms with E-state index in [-0.39, 0.29) is 6.10 Å². The Morgan fingerprint density at radius 2 is 1.91 bits per heavy atom. The maximum Gasteiger partial charge on any atom is 0.159 e.